The predicted molar refractivity (Wildman–Crippen MR) is 83.1 cm³/mol. The molecule has 0 heterocycles. The molecule has 0 amide bonds. The zero-order valence-corrected chi connectivity index (χ0v) is 15.4. The Balaban J connectivity index is 0.00000121. The van der Waals surface area contributed by atoms with Crippen LogP contribution in [-0.4, -0.2) is 23.1 Å². The second-order valence-corrected chi connectivity index (χ2v) is 5.39. The van der Waals surface area contributed by atoms with E-state index in [1.807, 2.05) is 12.1 Å². The number of hydrogen-bond acceptors (Lipinski definition) is 0. The van der Waals surface area contributed by atoms with Crippen molar-refractivity contribution in [1.29, 1.82) is 0 Å². The van der Waals surface area contributed by atoms with Gasteiger partial charge in [0.25, 0.3) is 0 Å². The molecule has 1 saturated carbocycles. The standard InChI is InChI=1S/C18H17F2.BrH.Mg/c19-17-11-10-16(12-18(17)20)15-8-6-14(7-9-15)13-4-2-1-3-5-13;;/h1,6-13H,2-5H2;1H;/q-1;;+2/p-1. The van der Waals surface area contributed by atoms with Gasteiger partial charge >= 0.3 is 23.1 Å². The molecule has 0 aromatic heterocycles. The number of benzene rings is 2. The summed E-state index contributed by atoms with van der Waals surface area (Å²) in [5.41, 5.74) is 2.99. The topological polar surface area (TPSA) is 0 Å². The van der Waals surface area contributed by atoms with E-state index in [0.717, 1.165) is 5.56 Å². The molecule has 0 unspecified atom stereocenters. The van der Waals surface area contributed by atoms with Crippen molar-refractivity contribution in [1.82, 2.24) is 0 Å². The smallest absolute Gasteiger partial charge is 1.00 e. The Labute approximate surface area is 157 Å². The number of hydrogen-bond donors (Lipinski definition) is 0. The third-order valence-corrected chi connectivity index (χ3v) is 4.07. The minimum atomic E-state index is -0.802. The first-order chi connectivity index (χ1) is 9.74. The fourth-order valence-electron chi connectivity index (χ4n) is 2.88. The van der Waals surface area contributed by atoms with Crippen molar-refractivity contribution in [3.05, 3.63) is 66.1 Å². The Morgan fingerprint density at radius 2 is 1.41 bits per heavy atom. The predicted octanol–water partition coefficient (Wildman–Crippen LogP) is 2.12. The van der Waals surface area contributed by atoms with E-state index in [9.17, 15) is 8.78 Å². The maximum atomic E-state index is 13.3. The van der Waals surface area contributed by atoms with Gasteiger partial charge in [-0.1, -0.05) is 43.2 Å². The Bertz CT molecular complexity index is 593. The van der Waals surface area contributed by atoms with Crippen LogP contribution in [0, 0.1) is 18.1 Å². The van der Waals surface area contributed by atoms with Crippen LogP contribution >= 0.6 is 0 Å². The first-order valence-corrected chi connectivity index (χ1v) is 7.11. The molecule has 4 heteroatoms. The molecule has 0 bridgehead atoms. The molecule has 0 aliphatic heterocycles. The van der Waals surface area contributed by atoms with Gasteiger partial charge in [-0.3, -0.25) is 0 Å². The molecule has 3 rings (SSSR count). The monoisotopic (exact) mass is 374 g/mol. The van der Waals surface area contributed by atoms with Crippen molar-refractivity contribution in [3.63, 3.8) is 0 Å². The molecular formula is C18H17BrF2Mg. The van der Waals surface area contributed by atoms with Gasteiger partial charge in [-0.2, -0.15) is 12.8 Å². The Morgan fingerprint density at radius 1 is 0.818 bits per heavy atom. The van der Waals surface area contributed by atoms with E-state index in [4.69, 9.17) is 0 Å². The summed E-state index contributed by atoms with van der Waals surface area (Å²) in [6.07, 6.45) is 7.16. The number of rotatable bonds is 2. The van der Waals surface area contributed by atoms with Crippen LogP contribution < -0.4 is 17.0 Å². The van der Waals surface area contributed by atoms with E-state index in [1.54, 1.807) is 6.07 Å². The molecule has 0 nitrogen and oxygen atoms in total. The molecule has 0 N–H and O–H groups in total. The zero-order valence-electron chi connectivity index (χ0n) is 12.4. The summed E-state index contributed by atoms with van der Waals surface area (Å²) in [4.78, 5) is 0. The first kappa shape index (κ1) is 19.6. The van der Waals surface area contributed by atoms with Crippen LogP contribution in [-0.2, 0) is 0 Å². The van der Waals surface area contributed by atoms with E-state index >= 15 is 0 Å². The van der Waals surface area contributed by atoms with Crippen molar-refractivity contribution >= 4 is 23.1 Å². The van der Waals surface area contributed by atoms with Gasteiger partial charge in [-0.15, -0.1) is 0 Å². The Morgan fingerprint density at radius 3 is 2.00 bits per heavy atom. The van der Waals surface area contributed by atoms with Crippen LogP contribution in [0.3, 0.4) is 0 Å². The van der Waals surface area contributed by atoms with Crippen LogP contribution in [0.15, 0.2) is 42.5 Å². The van der Waals surface area contributed by atoms with Gasteiger partial charge in [-0.05, 0) is 34.7 Å². The molecule has 1 aliphatic carbocycles. The summed E-state index contributed by atoms with van der Waals surface area (Å²) in [5.74, 6) is -0.961. The molecule has 1 fully saturated rings. The molecule has 0 radical (unpaired) electrons. The van der Waals surface area contributed by atoms with Crippen molar-refractivity contribution in [2.45, 2.75) is 31.6 Å². The molecule has 0 saturated heterocycles. The molecule has 22 heavy (non-hydrogen) atoms. The summed E-state index contributed by atoms with van der Waals surface area (Å²) < 4.78 is 26.2. The average Bonchev–Trinajstić information content (AvgIpc) is 2.51. The molecular weight excluding hydrogens is 358 g/mol. The van der Waals surface area contributed by atoms with Gasteiger partial charge in [-0.25, -0.2) is 8.78 Å². The minimum Gasteiger partial charge on any atom is -1.00 e. The Kier molecular flexibility index (Phi) is 8.01. The van der Waals surface area contributed by atoms with E-state index in [-0.39, 0.29) is 40.0 Å². The Hall–Kier alpha value is -0.454. The van der Waals surface area contributed by atoms with Crippen LogP contribution in [0.4, 0.5) is 8.78 Å². The largest absolute Gasteiger partial charge is 2.00 e. The van der Waals surface area contributed by atoms with Crippen molar-refractivity contribution in [2.24, 2.45) is 0 Å². The van der Waals surface area contributed by atoms with Gasteiger partial charge in [0.2, 0.25) is 0 Å². The van der Waals surface area contributed by atoms with Gasteiger partial charge in [0.05, 0.1) is 0 Å². The van der Waals surface area contributed by atoms with Gasteiger partial charge in [0.1, 0.15) is 0 Å². The third-order valence-electron chi connectivity index (χ3n) is 4.07. The van der Waals surface area contributed by atoms with E-state index < -0.39 is 11.6 Å². The molecule has 0 atom stereocenters. The second kappa shape index (κ2) is 8.99. The van der Waals surface area contributed by atoms with E-state index in [0.29, 0.717) is 11.5 Å². The zero-order chi connectivity index (χ0) is 13.9. The first-order valence-electron chi connectivity index (χ1n) is 7.11. The van der Waals surface area contributed by atoms with Crippen molar-refractivity contribution in [2.75, 3.05) is 0 Å². The van der Waals surface area contributed by atoms with Crippen molar-refractivity contribution < 1.29 is 25.8 Å². The minimum absolute atomic E-state index is 0. The van der Waals surface area contributed by atoms with Crippen LogP contribution in [0.1, 0.15) is 37.2 Å². The summed E-state index contributed by atoms with van der Waals surface area (Å²) in [5, 5.41) is 0. The number of halogens is 3. The average molecular weight is 376 g/mol. The SMILES string of the molecule is Fc1ccc(-c2ccc(C3CC[CH-]CC3)cc2)cc1F.[Br-].[Mg+2]. The second-order valence-electron chi connectivity index (χ2n) is 5.39. The van der Waals surface area contributed by atoms with Crippen LogP contribution in [0.25, 0.3) is 11.1 Å². The summed E-state index contributed by atoms with van der Waals surface area (Å²) in [6.45, 7) is 0. The van der Waals surface area contributed by atoms with Crippen LogP contribution in [0.5, 0.6) is 0 Å². The maximum absolute atomic E-state index is 13.3. The van der Waals surface area contributed by atoms with Crippen molar-refractivity contribution in [3.8, 4) is 11.1 Å². The molecule has 112 valence electrons. The molecule has 2 aromatic carbocycles. The molecule has 2 aromatic rings. The van der Waals surface area contributed by atoms with E-state index in [2.05, 4.69) is 18.6 Å². The summed E-state index contributed by atoms with van der Waals surface area (Å²) in [6, 6.07) is 12.3. The molecule has 1 aliphatic rings. The van der Waals surface area contributed by atoms with E-state index in [1.165, 1.54) is 43.4 Å². The fraction of sp³-hybridized carbons (Fsp3) is 0.278. The third kappa shape index (κ3) is 4.52. The summed E-state index contributed by atoms with van der Waals surface area (Å²) >= 11 is 0. The van der Waals surface area contributed by atoms with Gasteiger partial charge < -0.3 is 23.4 Å². The summed E-state index contributed by atoms with van der Waals surface area (Å²) in [7, 11) is 0. The van der Waals surface area contributed by atoms with Gasteiger partial charge in [0.15, 0.2) is 11.6 Å². The maximum Gasteiger partial charge on any atom is 2.00 e. The normalized spacial score (nSPS) is 14.8. The fourth-order valence-corrected chi connectivity index (χ4v) is 2.88. The quantitative estimate of drug-likeness (QED) is 0.557. The molecule has 0 spiro atoms. The van der Waals surface area contributed by atoms with Crippen LogP contribution in [0.2, 0.25) is 0 Å². The van der Waals surface area contributed by atoms with Gasteiger partial charge in [0, 0.05) is 0 Å².